The van der Waals surface area contributed by atoms with Crippen molar-refractivity contribution in [2.24, 2.45) is 5.14 Å². The van der Waals surface area contributed by atoms with Crippen molar-refractivity contribution in [3.05, 3.63) is 57.6 Å². The third kappa shape index (κ3) is 5.60. The van der Waals surface area contributed by atoms with Crippen LogP contribution in [0.15, 0.2) is 41.3 Å². The van der Waals surface area contributed by atoms with E-state index in [1.165, 1.54) is 12.1 Å². The summed E-state index contributed by atoms with van der Waals surface area (Å²) in [6.45, 7) is 2.41. The van der Waals surface area contributed by atoms with Crippen molar-refractivity contribution in [3.63, 3.8) is 0 Å². The van der Waals surface area contributed by atoms with Gasteiger partial charge in [-0.3, -0.25) is 4.79 Å². The van der Waals surface area contributed by atoms with Gasteiger partial charge in [0.05, 0.1) is 16.5 Å². The van der Waals surface area contributed by atoms with Crippen molar-refractivity contribution in [2.45, 2.75) is 18.2 Å². The molecule has 0 heterocycles. The molecule has 2 rings (SSSR count). The zero-order valence-electron chi connectivity index (χ0n) is 14.0. The fourth-order valence-corrected chi connectivity index (χ4v) is 3.17. The molecule has 2 aromatic carbocycles. The van der Waals surface area contributed by atoms with E-state index < -0.39 is 10.0 Å². The Balaban J connectivity index is 1.87. The SMILES string of the molecule is Cc1ccc(S(N)(=O)=O)cc1C(=O)NCCCOc1ccc(Cl)cc1Cl. The summed E-state index contributed by atoms with van der Waals surface area (Å²) in [7, 11) is -3.86. The van der Waals surface area contributed by atoms with E-state index in [9.17, 15) is 13.2 Å². The lowest BCUT2D eigenvalue weighted by Crippen LogP contribution is -2.26. The van der Waals surface area contributed by atoms with Crippen LogP contribution < -0.4 is 15.2 Å². The van der Waals surface area contributed by atoms with E-state index in [0.717, 1.165) is 0 Å². The van der Waals surface area contributed by atoms with Crippen LogP contribution in [-0.2, 0) is 10.0 Å². The van der Waals surface area contributed by atoms with E-state index in [-0.39, 0.29) is 16.4 Å². The van der Waals surface area contributed by atoms with Gasteiger partial charge >= 0.3 is 0 Å². The first-order valence-corrected chi connectivity index (χ1v) is 9.98. The Kier molecular flexibility index (Phi) is 6.88. The first-order valence-electron chi connectivity index (χ1n) is 7.68. The predicted molar refractivity (Wildman–Crippen MR) is 101 cm³/mol. The Morgan fingerprint density at radius 2 is 1.92 bits per heavy atom. The fraction of sp³-hybridized carbons (Fsp3) is 0.235. The summed E-state index contributed by atoms with van der Waals surface area (Å²) in [6, 6.07) is 9.11. The molecule has 0 spiro atoms. The van der Waals surface area contributed by atoms with Crippen molar-refractivity contribution in [3.8, 4) is 5.75 Å². The molecule has 0 aliphatic rings. The molecule has 0 atom stereocenters. The molecule has 9 heteroatoms. The highest BCUT2D eigenvalue weighted by atomic mass is 35.5. The van der Waals surface area contributed by atoms with Crippen molar-refractivity contribution >= 4 is 39.1 Å². The zero-order valence-corrected chi connectivity index (χ0v) is 16.3. The Morgan fingerprint density at radius 1 is 1.19 bits per heavy atom. The van der Waals surface area contributed by atoms with Crippen LogP contribution in [0.4, 0.5) is 0 Å². The quantitative estimate of drug-likeness (QED) is 0.677. The van der Waals surface area contributed by atoms with Crippen molar-refractivity contribution in [1.82, 2.24) is 5.32 Å². The summed E-state index contributed by atoms with van der Waals surface area (Å²) < 4.78 is 28.4. The van der Waals surface area contributed by atoms with E-state index in [1.807, 2.05) is 0 Å². The average Bonchev–Trinajstić information content (AvgIpc) is 2.55. The van der Waals surface area contributed by atoms with E-state index in [1.54, 1.807) is 31.2 Å². The van der Waals surface area contributed by atoms with Gasteiger partial charge in [0.1, 0.15) is 5.75 Å². The molecule has 2 aromatic rings. The maximum atomic E-state index is 12.2. The van der Waals surface area contributed by atoms with Gasteiger partial charge in [0.15, 0.2) is 0 Å². The number of hydrogen-bond acceptors (Lipinski definition) is 4. The lowest BCUT2D eigenvalue weighted by atomic mass is 10.1. The molecule has 0 saturated carbocycles. The molecule has 0 fully saturated rings. The second-order valence-electron chi connectivity index (χ2n) is 5.55. The van der Waals surface area contributed by atoms with Gasteiger partial charge in [-0.05, 0) is 49.2 Å². The summed E-state index contributed by atoms with van der Waals surface area (Å²) >= 11 is 11.8. The second-order valence-corrected chi connectivity index (χ2v) is 7.96. The van der Waals surface area contributed by atoms with Crippen molar-refractivity contribution in [1.29, 1.82) is 0 Å². The van der Waals surface area contributed by atoms with Crippen LogP contribution in [0.2, 0.25) is 10.0 Å². The minimum Gasteiger partial charge on any atom is -0.492 e. The molecular weight excluding hydrogens is 399 g/mol. The highest BCUT2D eigenvalue weighted by Gasteiger charge is 2.14. The maximum absolute atomic E-state index is 12.2. The number of aryl methyl sites for hydroxylation is 1. The number of hydrogen-bond donors (Lipinski definition) is 2. The third-order valence-electron chi connectivity index (χ3n) is 3.54. The number of nitrogens with one attached hydrogen (secondary N) is 1. The predicted octanol–water partition coefficient (Wildman–Crippen LogP) is 3.15. The average molecular weight is 417 g/mol. The molecule has 0 saturated heterocycles. The summed E-state index contributed by atoms with van der Waals surface area (Å²) in [6.07, 6.45) is 0.540. The highest BCUT2D eigenvalue weighted by molar-refractivity contribution is 7.89. The molecule has 3 N–H and O–H groups in total. The Morgan fingerprint density at radius 3 is 2.58 bits per heavy atom. The Labute approximate surface area is 162 Å². The summed E-state index contributed by atoms with van der Waals surface area (Å²) in [4.78, 5) is 12.1. The molecule has 0 radical (unpaired) electrons. The third-order valence-corrected chi connectivity index (χ3v) is 4.98. The number of halogens is 2. The van der Waals surface area contributed by atoms with Crippen LogP contribution in [0.1, 0.15) is 22.3 Å². The number of nitrogens with two attached hydrogens (primary N) is 1. The van der Waals surface area contributed by atoms with Gasteiger partial charge in [-0.15, -0.1) is 0 Å². The second kappa shape index (κ2) is 8.73. The van der Waals surface area contributed by atoms with Crippen molar-refractivity contribution in [2.75, 3.05) is 13.2 Å². The van der Waals surface area contributed by atoms with Gasteiger partial charge in [-0.2, -0.15) is 0 Å². The highest BCUT2D eigenvalue weighted by Crippen LogP contribution is 2.27. The molecular formula is C17H18Cl2N2O4S. The van der Waals surface area contributed by atoms with Gasteiger partial charge in [-0.1, -0.05) is 29.3 Å². The van der Waals surface area contributed by atoms with Gasteiger partial charge in [-0.25, -0.2) is 13.6 Å². The number of primary sulfonamides is 1. The number of amides is 1. The van der Waals surface area contributed by atoms with Crippen LogP contribution >= 0.6 is 23.2 Å². The number of carbonyl (C=O) groups excluding carboxylic acids is 1. The van der Waals surface area contributed by atoms with E-state index in [2.05, 4.69) is 5.32 Å². The lowest BCUT2D eigenvalue weighted by molar-refractivity contribution is 0.0950. The number of carbonyl (C=O) groups is 1. The lowest BCUT2D eigenvalue weighted by Gasteiger charge is -2.10. The monoisotopic (exact) mass is 416 g/mol. The summed E-state index contributed by atoms with van der Waals surface area (Å²) in [5, 5.41) is 8.75. The molecule has 0 aliphatic heterocycles. The maximum Gasteiger partial charge on any atom is 0.251 e. The van der Waals surface area contributed by atoms with Gasteiger partial charge in [0.2, 0.25) is 10.0 Å². The van der Waals surface area contributed by atoms with Gasteiger partial charge in [0.25, 0.3) is 5.91 Å². The van der Waals surface area contributed by atoms with Crippen molar-refractivity contribution < 1.29 is 17.9 Å². The Bertz CT molecular complexity index is 917. The fourth-order valence-electron chi connectivity index (χ4n) is 2.17. The van der Waals surface area contributed by atoms with Crippen LogP contribution in [-0.4, -0.2) is 27.5 Å². The smallest absolute Gasteiger partial charge is 0.251 e. The molecule has 140 valence electrons. The topological polar surface area (TPSA) is 98.5 Å². The van der Waals surface area contributed by atoms with Gasteiger partial charge < -0.3 is 10.1 Å². The summed E-state index contributed by atoms with van der Waals surface area (Å²) in [5.74, 6) is 0.136. The molecule has 1 amide bonds. The van der Waals surface area contributed by atoms with Crippen LogP contribution in [0, 0.1) is 6.92 Å². The first kappa shape index (κ1) is 20.5. The molecule has 0 aliphatic carbocycles. The van der Waals surface area contributed by atoms with Crippen LogP contribution in [0.3, 0.4) is 0 Å². The van der Waals surface area contributed by atoms with Gasteiger partial charge in [0, 0.05) is 17.1 Å². The number of ether oxygens (including phenoxy) is 1. The number of sulfonamides is 1. The molecule has 6 nitrogen and oxygen atoms in total. The Hall–Kier alpha value is -1.80. The molecule has 26 heavy (non-hydrogen) atoms. The zero-order chi connectivity index (χ0) is 19.3. The van der Waals surface area contributed by atoms with Crippen LogP contribution in [0.5, 0.6) is 5.75 Å². The number of rotatable bonds is 7. The van der Waals surface area contributed by atoms with Crippen LogP contribution in [0.25, 0.3) is 0 Å². The normalized spacial score (nSPS) is 11.2. The number of benzene rings is 2. The first-order chi connectivity index (χ1) is 12.2. The van der Waals surface area contributed by atoms with E-state index in [0.29, 0.717) is 40.9 Å². The van der Waals surface area contributed by atoms with E-state index in [4.69, 9.17) is 33.1 Å². The molecule has 0 bridgehead atoms. The summed E-state index contributed by atoms with van der Waals surface area (Å²) in [5.41, 5.74) is 0.914. The largest absolute Gasteiger partial charge is 0.492 e. The molecule has 0 unspecified atom stereocenters. The standard InChI is InChI=1S/C17H18Cl2N2O4S/c1-11-3-5-13(26(20,23)24)10-14(11)17(22)21-7-2-8-25-16-6-4-12(18)9-15(16)19/h3-6,9-10H,2,7-8H2,1H3,(H,21,22)(H2,20,23,24). The minimum atomic E-state index is -3.86. The van der Waals surface area contributed by atoms with E-state index >= 15 is 0 Å². The molecule has 0 aromatic heterocycles. The minimum absolute atomic E-state index is 0.103.